The van der Waals surface area contributed by atoms with Gasteiger partial charge in [-0.3, -0.25) is 4.79 Å². The minimum atomic E-state index is 0. The highest BCUT2D eigenvalue weighted by Crippen LogP contribution is 2.20. The van der Waals surface area contributed by atoms with E-state index < -0.39 is 0 Å². The number of carbonyl (C=O) groups excluding carboxylic acids is 1. The van der Waals surface area contributed by atoms with Crippen LogP contribution in [0.3, 0.4) is 0 Å². The molecule has 20 heavy (non-hydrogen) atoms. The Kier molecular flexibility index (Phi) is 4.76. The molecular formula is C14H17ClN4O. The van der Waals surface area contributed by atoms with Gasteiger partial charge in [-0.1, -0.05) is 12.1 Å². The second-order valence-electron chi connectivity index (χ2n) is 4.65. The fourth-order valence-corrected chi connectivity index (χ4v) is 2.30. The zero-order valence-electron chi connectivity index (χ0n) is 11.0. The van der Waals surface area contributed by atoms with E-state index in [1.165, 1.54) is 0 Å². The Labute approximate surface area is 123 Å². The molecule has 3 rings (SSSR count). The van der Waals surface area contributed by atoms with E-state index in [2.05, 4.69) is 15.7 Å². The number of halogens is 1. The number of benzene rings is 1. The highest BCUT2D eigenvalue weighted by atomic mass is 35.5. The Balaban J connectivity index is 0.00000147. The average Bonchev–Trinajstić information content (AvgIpc) is 3.13. The third kappa shape index (κ3) is 3.00. The van der Waals surface area contributed by atoms with Crippen molar-refractivity contribution in [3.8, 4) is 5.69 Å². The normalized spacial score (nSPS) is 17.5. The zero-order chi connectivity index (χ0) is 13.1. The first-order chi connectivity index (χ1) is 9.34. The van der Waals surface area contributed by atoms with Gasteiger partial charge in [-0.15, -0.1) is 12.4 Å². The molecule has 1 aliphatic heterocycles. The van der Waals surface area contributed by atoms with Gasteiger partial charge in [-0.05, 0) is 31.2 Å². The Bertz CT molecular complexity index is 564. The summed E-state index contributed by atoms with van der Waals surface area (Å²) < 4.78 is 1.75. The summed E-state index contributed by atoms with van der Waals surface area (Å²) in [6.45, 7) is 1.68. The van der Waals surface area contributed by atoms with Crippen LogP contribution in [0.1, 0.15) is 6.42 Å². The SMILES string of the molecule is Cl.O=C(Nc1ccccc1-n1cccn1)C1CCNC1. The third-order valence-electron chi connectivity index (χ3n) is 3.34. The molecule has 2 heterocycles. The van der Waals surface area contributed by atoms with Crippen molar-refractivity contribution in [2.45, 2.75) is 6.42 Å². The summed E-state index contributed by atoms with van der Waals surface area (Å²) in [6, 6.07) is 9.55. The topological polar surface area (TPSA) is 59.0 Å². The molecule has 106 valence electrons. The average molecular weight is 293 g/mol. The van der Waals surface area contributed by atoms with E-state index in [0.29, 0.717) is 0 Å². The lowest BCUT2D eigenvalue weighted by molar-refractivity contribution is -0.119. The number of rotatable bonds is 3. The van der Waals surface area contributed by atoms with Crippen LogP contribution in [0.15, 0.2) is 42.7 Å². The minimum Gasteiger partial charge on any atom is -0.324 e. The Morgan fingerprint density at radius 3 is 2.90 bits per heavy atom. The molecule has 0 radical (unpaired) electrons. The van der Waals surface area contributed by atoms with Crippen LogP contribution in [0.5, 0.6) is 0 Å². The van der Waals surface area contributed by atoms with Gasteiger partial charge >= 0.3 is 0 Å². The first kappa shape index (κ1) is 14.6. The van der Waals surface area contributed by atoms with E-state index in [-0.39, 0.29) is 24.2 Å². The molecule has 1 saturated heterocycles. The Morgan fingerprint density at radius 2 is 2.20 bits per heavy atom. The molecule has 1 unspecified atom stereocenters. The number of para-hydroxylation sites is 2. The molecule has 1 fully saturated rings. The van der Waals surface area contributed by atoms with Crippen molar-refractivity contribution in [3.05, 3.63) is 42.7 Å². The molecule has 0 aliphatic carbocycles. The van der Waals surface area contributed by atoms with E-state index in [0.717, 1.165) is 30.9 Å². The molecule has 0 saturated carbocycles. The highest BCUT2D eigenvalue weighted by molar-refractivity contribution is 5.94. The molecule has 1 aromatic heterocycles. The first-order valence-corrected chi connectivity index (χ1v) is 6.45. The van der Waals surface area contributed by atoms with Gasteiger partial charge in [0, 0.05) is 18.9 Å². The van der Waals surface area contributed by atoms with Crippen LogP contribution in [0, 0.1) is 5.92 Å². The molecule has 5 nitrogen and oxygen atoms in total. The first-order valence-electron chi connectivity index (χ1n) is 6.45. The standard InChI is InChI=1S/C14H16N4O.ClH/c19-14(11-6-8-15-10-11)17-12-4-1-2-5-13(12)18-9-3-7-16-18;/h1-5,7,9,11,15H,6,8,10H2,(H,17,19);1H. The lowest BCUT2D eigenvalue weighted by atomic mass is 10.1. The van der Waals surface area contributed by atoms with Crippen LogP contribution in [0.2, 0.25) is 0 Å². The molecule has 1 amide bonds. The summed E-state index contributed by atoms with van der Waals surface area (Å²) in [7, 11) is 0. The summed E-state index contributed by atoms with van der Waals surface area (Å²) in [5, 5.41) is 10.4. The van der Waals surface area contributed by atoms with Gasteiger partial charge in [-0.2, -0.15) is 5.10 Å². The summed E-state index contributed by atoms with van der Waals surface area (Å²) in [5.41, 5.74) is 1.68. The van der Waals surface area contributed by atoms with Gasteiger partial charge in [0.05, 0.1) is 17.3 Å². The third-order valence-corrected chi connectivity index (χ3v) is 3.34. The van der Waals surface area contributed by atoms with E-state index in [4.69, 9.17) is 0 Å². The van der Waals surface area contributed by atoms with Crippen molar-refractivity contribution in [1.82, 2.24) is 15.1 Å². The number of nitrogens with zero attached hydrogens (tertiary/aromatic N) is 2. The van der Waals surface area contributed by atoms with Crippen LogP contribution in [-0.4, -0.2) is 28.8 Å². The number of hydrogen-bond donors (Lipinski definition) is 2. The van der Waals surface area contributed by atoms with Crippen LogP contribution in [-0.2, 0) is 4.79 Å². The highest BCUT2D eigenvalue weighted by Gasteiger charge is 2.23. The van der Waals surface area contributed by atoms with Crippen molar-refractivity contribution < 1.29 is 4.79 Å². The largest absolute Gasteiger partial charge is 0.324 e. The van der Waals surface area contributed by atoms with Gasteiger partial charge in [-0.25, -0.2) is 4.68 Å². The Hall–Kier alpha value is -1.85. The number of nitrogens with one attached hydrogen (secondary N) is 2. The molecular weight excluding hydrogens is 276 g/mol. The predicted molar refractivity (Wildman–Crippen MR) is 80.4 cm³/mol. The predicted octanol–water partition coefficient (Wildman–Crippen LogP) is 1.84. The summed E-state index contributed by atoms with van der Waals surface area (Å²) in [6.07, 6.45) is 4.48. The van der Waals surface area contributed by atoms with Gasteiger partial charge in [0.25, 0.3) is 0 Å². The molecule has 1 aromatic carbocycles. The van der Waals surface area contributed by atoms with Crippen molar-refractivity contribution in [2.24, 2.45) is 5.92 Å². The van der Waals surface area contributed by atoms with Crippen molar-refractivity contribution in [3.63, 3.8) is 0 Å². The Morgan fingerprint density at radius 1 is 1.35 bits per heavy atom. The molecule has 0 bridgehead atoms. The number of anilines is 1. The minimum absolute atomic E-state index is 0. The maximum atomic E-state index is 12.2. The van der Waals surface area contributed by atoms with Gasteiger partial charge in [0.2, 0.25) is 5.91 Å². The number of aromatic nitrogens is 2. The van der Waals surface area contributed by atoms with E-state index in [1.807, 2.05) is 36.5 Å². The summed E-state index contributed by atoms with van der Waals surface area (Å²) >= 11 is 0. The molecule has 2 N–H and O–H groups in total. The molecule has 0 spiro atoms. The summed E-state index contributed by atoms with van der Waals surface area (Å²) in [4.78, 5) is 12.2. The second kappa shape index (κ2) is 6.54. The number of hydrogen-bond acceptors (Lipinski definition) is 3. The maximum absolute atomic E-state index is 12.2. The van der Waals surface area contributed by atoms with Crippen LogP contribution in [0.4, 0.5) is 5.69 Å². The fourth-order valence-electron chi connectivity index (χ4n) is 2.30. The maximum Gasteiger partial charge on any atom is 0.228 e. The van der Waals surface area contributed by atoms with Crippen molar-refractivity contribution >= 4 is 24.0 Å². The smallest absolute Gasteiger partial charge is 0.228 e. The molecule has 2 aromatic rings. The lowest BCUT2D eigenvalue weighted by Crippen LogP contribution is -2.25. The van der Waals surface area contributed by atoms with E-state index >= 15 is 0 Å². The van der Waals surface area contributed by atoms with Gasteiger partial charge in [0.1, 0.15) is 0 Å². The second-order valence-corrected chi connectivity index (χ2v) is 4.65. The van der Waals surface area contributed by atoms with Crippen molar-refractivity contribution in [2.75, 3.05) is 18.4 Å². The zero-order valence-corrected chi connectivity index (χ0v) is 11.8. The fraction of sp³-hybridized carbons (Fsp3) is 0.286. The number of amides is 1. The van der Waals surface area contributed by atoms with Crippen molar-refractivity contribution in [1.29, 1.82) is 0 Å². The van der Waals surface area contributed by atoms with Gasteiger partial charge < -0.3 is 10.6 Å². The van der Waals surface area contributed by atoms with E-state index in [9.17, 15) is 4.79 Å². The van der Waals surface area contributed by atoms with E-state index in [1.54, 1.807) is 10.9 Å². The molecule has 1 atom stereocenters. The van der Waals surface area contributed by atoms with Crippen LogP contribution < -0.4 is 10.6 Å². The lowest BCUT2D eigenvalue weighted by Gasteiger charge is -2.13. The monoisotopic (exact) mass is 292 g/mol. The summed E-state index contributed by atoms with van der Waals surface area (Å²) in [5.74, 6) is 0.135. The molecule has 6 heteroatoms. The van der Waals surface area contributed by atoms with Crippen LogP contribution in [0.25, 0.3) is 5.69 Å². The number of carbonyl (C=O) groups is 1. The van der Waals surface area contributed by atoms with Gasteiger partial charge in [0.15, 0.2) is 0 Å². The molecule has 1 aliphatic rings. The van der Waals surface area contributed by atoms with Crippen LogP contribution >= 0.6 is 12.4 Å². The quantitative estimate of drug-likeness (QED) is 0.907.